The molecule has 2 rings (SSSR count). The van der Waals surface area contributed by atoms with Crippen LogP contribution in [-0.2, 0) is 97.7 Å². The zero-order valence-electron chi connectivity index (χ0n) is 60.0. The molecule has 26 nitrogen and oxygen atoms in total. The number of esters is 3. The number of hydroxylamine groups is 2. The van der Waals surface area contributed by atoms with E-state index in [0.717, 1.165) is 12.0 Å². The smallest absolute Gasteiger partial charge is 0.508 e. The van der Waals surface area contributed by atoms with E-state index in [1.807, 2.05) is 20.8 Å². The Morgan fingerprint density at radius 2 is 0.979 bits per heavy atom. The molecule has 5 amide bonds. The normalized spacial score (nSPS) is 12.7. The molecule has 0 aliphatic rings. The Hall–Kier alpha value is -7.96. The fourth-order valence-corrected chi connectivity index (χ4v) is 9.45. The Morgan fingerprint density at radius 1 is 0.510 bits per heavy atom. The third-order valence-electron chi connectivity index (χ3n) is 13.9. The maximum Gasteiger partial charge on any atom is 0.528 e. The van der Waals surface area contributed by atoms with Gasteiger partial charge in [-0.25, -0.2) is 14.4 Å². The number of nitrogens with one attached hydrogen (secondary N) is 5. The summed E-state index contributed by atoms with van der Waals surface area (Å²) in [4.78, 5) is 151. The number of aryl methyl sites for hydroxylation is 2. The topological polar surface area (TPSA) is 358 Å². The fourth-order valence-electron chi connectivity index (χ4n) is 9.45. The molecule has 7 N–H and O–H groups in total. The number of benzene rings is 2. The minimum atomic E-state index is -1.08. The molecule has 0 saturated carbocycles. The van der Waals surface area contributed by atoms with Crippen molar-refractivity contribution in [1.29, 1.82) is 0 Å². The van der Waals surface area contributed by atoms with Crippen LogP contribution in [-0.4, -0.2) is 159 Å². The van der Waals surface area contributed by atoms with Crippen LogP contribution >= 0.6 is 0 Å². The number of nitrogens with zero attached hydrogens (tertiary/aromatic N) is 2. The standard InChI is InChI=1S/C69H111N7O17.CO2/c1-46(77)43-75(39-40-76(93-64(88)92-69(15,16)17)45-51-42-49(26-32-55(51)80)28-34-59(83)72-52(47(2)78)29-35-60(84)89-66(6,7)8)44-50-41-48(25-31-54(50)79)27-33-58(82)71-37-21-18-19-24-57(81)70-38-22-20-23-56(65(3,4)5)74-63(87)73-53(62(86)91-68(12,13)14)30-36-61(85)90-67(9,10)11;2-1-3/h25-26,31-32,41-42,52-53,56,79-80H,18-24,27-30,33-40,43-45H2,1-17H3,(H,70,81)(H,71,82)(H,72,83)(H2,73,74,87);/t52-,53-,56-;/m0./s1. The molecule has 0 fully saturated rings. The molecule has 2 aromatic carbocycles. The fraction of sp³-hybridized carbons (Fsp3) is 0.671. The van der Waals surface area contributed by atoms with Crippen molar-refractivity contribution in [2.75, 3.05) is 32.7 Å². The quantitative estimate of drug-likeness (QED) is 0.0143. The van der Waals surface area contributed by atoms with Crippen LogP contribution in [0.3, 0.4) is 0 Å². The minimum absolute atomic E-state index is 0.0000988. The average molecular weight is 1350 g/mol. The van der Waals surface area contributed by atoms with Gasteiger partial charge in [0.2, 0.25) is 17.7 Å². The number of carbonyl (C=O) groups excluding carboxylic acids is 12. The summed E-state index contributed by atoms with van der Waals surface area (Å²) in [6, 6.07) is 7.00. The Bertz CT molecular complexity index is 2890. The molecule has 0 radical (unpaired) electrons. The van der Waals surface area contributed by atoms with Crippen LogP contribution in [0.1, 0.15) is 223 Å². The lowest BCUT2D eigenvalue weighted by Crippen LogP contribution is -2.53. The van der Waals surface area contributed by atoms with Gasteiger partial charge in [0.15, 0.2) is 5.78 Å². The van der Waals surface area contributed by atoms with Crippen LogP contribution in [0.5, 0.6) is 11.5 Å². The number of aromatic hydroxyl groups is 2. The summed E-state index contributed by atoms with van der Waals surface area (Å²) in [5.41, 5.74) is -1.16. The molecular formula is C70H111N7O19. The summed E-state index contributed by atoms with van der Waals surface area (Å²) in [7, 11) is 0. The van der Waals surface area contributed by atoms with Crippen LogP contribution < -0.4 is 26.6 Å². The van der Waals surface area contributed by atoms with Gasteiger partial charge in [-0.15, -0.1) is 5.06 Å². The number of ketones is 2. The second-order valence-corrected chi connectivity index (χ2v) is 29.0. The minimum Gasteiger partial charge on any atom is -0.508 e. The summed E-state index contributed by atoms with van der Waals surface area (Å²) in [6.07, 6.45) is 4.26. The monoisotopic (exact) mass is 1350 g/mol. The number of phenolic OH excluding ortho intramolecular Hbond substituents is 2. The van der Waals surface area contributed by atoms with Gasteiger partial charge in [-0.2, -0.15) is 9.59 Å². The third-order valence-corrected chi connectivity index (χ3v) is 13.9. The van der Waals surface area contributed by atoms with Crippen LogP contribution in [0.25, 0.3) is 0 Å². The Kier molecular flexibility index (Phi) is 37.5. The summed E-state index contributed by atoms with van der Waals surface area (Å²) in [6.45, 7) is 30.4. The molecule has 0 aliphatic carbocycles. The highest BCUT2D eigenvalue weighted by atomic mass is 16.8. The average Bonchev–Trinajstić information content (AvgIpc) is 0.890. The molecule has 0 aliphatic heterocycles. The van der Waals surface area contributed by atoms with Gasteiger partial charge < -0.3 is 60.6 Å². The zero-order chi connectivity index (χ0) is 73.2. The summed E-state index contributed by atoms with van der Waals surface area (Å²) in [5.74, 6) is -2.91. The van der Waals surface area contributed by atoms with Crippen molar-refractivity contribution < 1.29 is 91.5 Å². The SMILES string of the molecule is CC(=O)CN(CCN(Cc1cc(CCC(=O)N[C@@H](CCC(=O)OC(C)(C)C)C(C)=O)ccc1O)OC(=O)OC(C)(C)C)Cc1cc(CCC(=O)NCCCCCC(=O)NCCCC[C@H](NC(=O)N[C@@H](CCC(=O)OC(C)(C)C)C(=O)OC(C)(C)C)C(C)(C)C)ccc1O.O=C=O. The number of hydrogen-bond donors (Lipinski definition) is 7. The molecule has 26 heteroatoms. The maximum atomic E-state index is 13.3. The Labute approximate surface area is 567 Å². The van der Waals surface area contributed by atoms with Crippen molar-refractivity contribution in [2.45, 2.75) is 268 Å². The van der Waals surface area contributed by atoms with E-state index in [9.17, 15) is 58.2 Å². The van der Waals surface area contributed by atoms with Gasteiger partial charge in [-0.1, -0.05) is 51.5 Å². The highest BCUT2D eigenvalue weighted by Crippen LogP contribution is 2.26. The number of phenols is 2. The maximum absolute atomic E-state index is 13.3. The van der Waals surface area contributed by atoms with Gasteiger partial charge in [0, 0.05) is 82.0 Å². The first-order chi connectivity index (χ1) is 44.4. The van der Waals surface area contributed by atoms with E-state index in [2.05, 4.69) is 26.6 Å². The summed E-state index contributed by atoms with van der Waals surface area (Å²) in [5, 5.41) is 37.6. The van der Waals surface area contributed by atoms with E-state index in [1.54, 1.807) is 112 Å². The lowest BCUT2D eigenvalue weighted by atomic mass is 9.84. The number of amides is 5. The Balaban J connectivity index is 0.0000151. The van der Waals surface area contributed by atoms with Crippen molar-refractivity contribution in [3.05, 3.63) is 58.7 Å². The molecule has 0 spiro atoms. The van der Waals surface area contributed by atoms with Crippen LogP contribution in [0, 0.1) is 5.41 Å². The van der Waals surface area contributed by atoms with Gasteiger partial charge in [0.05, 0.1) is 19.1 Å². The van der Waals surface area contributed by atoms with E-state index in [0.29, 0.717) is 74.7 Å². The number of ether oxygens (including phenoxy) is 4. The third kappa shape index (κ3) is 41.8. The molecule has 0 bridgehead atoms. The van der Waals surface area contributed by atoms with Gasteiger partial charge in [0.1, 0.15) is 45.7 Å². The molecule has 0 heterocycles. The first-order valence-electron chi connectivity index (χ1n) is 32.9. The van der Waals surface area contributed by atoms with E-state index >= 15 is 0 Å². The molecule has 96 heavy (non-hydrogen) atoms. The largest absolute Gasteiger partial charge is 0.528 e. The first-order valence-corrected chi connectivity index (χ1v) is 32.9. The summed E-state index contributed by atoms with van der Waals surface area (Å²) < 4.78 is 21.7. The number of rotatable bonds is 38. The second-order valence-electron chi connectivity index (χ2n) is 29.0. The first kappa shape index (κ1) is 86.1. The molecule has 2 aromatic rings. The van der Waals surface area contributed by atoms with Crippen molar-refractivity contribution in [2.24, 2.45) is 5.41 Å². The van der Waals surface area contributed by atoms with Gasteiger partial charge >= 0.3 is 36.2 Å². The van der Waals surface area contributed by atoms with Crippen molar-refractivity contribution >= 4 is 65.5 Å². The number of unbranched alkanes of at least 4 members (excludes halogenated alkanes) is 3. The lowest BCUT2D eigenvalue weighted by Gasteiger charge is -2.32. The van der Waals surface area contributed by atoms with E-state index in [-0.39, 0.29) is 130 Å². The Morgan fingerprint density at radius 3 is 1.46 bits per heavy atom. The molecule has 0 unspecified atom stereocenters. The molecule has 3 atom stereocenters. The van der Waals surface area contributed by atoms with Crippen LogP contribution in [0.15, 0.2) is 36.4 Å². The second kappa shape index (κ2) is 41.9. The molecule has 540 valence electrons. The predicted octanol–water partition coefficient (Wildman–Crippen LogP) is 8.84. The lowest BCUT2D eigenvalue weighted by molar-refractivity contribution is -0.192. The number of carbonyl (C=O) groups is 10. The van der Waals surface area contributed by atoms with Gasteiger partial charge in [0.25, 0.3) is 0 Å². The van der Waals surface area contributed by atoms with Crippen LogP contribution in [0.4, 0.5) is 9.59 Å². The number of Topliss-reactive ketones (excluding diaryl/α,β-unsaturated/α-hetero) is 2. The number of urea groups is 1. The van der Waals surface area contributed by atoms with Crippen molar-refractivity contribution in [1.82, 2.24) is 36.5 Å². The van der Waals surface area contributed by atoms with Gasteiger partial charge in [-0.3, -0.25) is 38.5 Å². The van der Waals surface area contributed by atoms with E-state index < -0.39 is 70.5 Å². The van der Waals surface area contributed by atoms with E-state index in [4.69, 9.17) is 33.4 Å². The predicted molar refractivity (Wildman–Crippen MR) is 357 cm³/mol. The van der Waals surface area contributed by atoms with Gasteiger partial charge in [-0.05, 0) is 183 Å². The van der Waals surface area contributed by atoms with E-state index in [1.165, 1.54) is 31.0 Å². The van der Waals surface area contributed by atoms with Crippen LogP contribution in [0.2, 0.25) is 0 Å². The molecule has 0 saturated heterocycles. The zero-order valence-corrected chi connectivity index (χ0v) is 60.0. The highest BCUT2D eigenvalue weighted by molar-refractivity contribution is 5.88. The van der Waals surface area contributed by atoms with Crippen molar-refractivity contribution in [3.63, 3.8) is 0 Å². The number of hydrogen-bond acceptors (Lipinski definition) is 21. The summed E-state index contributed by atoms with van der Waals surface area (Å²) >= 11 is 0. The van der Waals surface area contributed by atoms with Crippen molar-refractivity contribution in [3.8, 4) is 11.5 Å². The molecule has 0 aromatic heterocycles. The molecular weight excluding hydrogens is 1240 g/mol. The highest BCUT2D eigenvalue weighted by Gasteiger charge is 2.32.